The van der Waals surface area contributed by atoms with E-state index < -0.39 is 5.97 Å². The van der Waals surface area contributed by atoms with Gasteiger partial charge in [0.15, 0.2) is 0 Å². The Balaban J connectivity index is 1.44. The Morgan fingerprint density at radius 3 is 2.52 bits per heavy atom. The molecule has 0 bridgehead atoms. The van der Waals surface area contributed by atoms with Crippen LogP contribution in [0.1, 0.15) is 36.3 Å². The Morgan fingerprint density at radius 1 is 1.13 bits per heavy atom. The predicted molar refractivity (Wildman–Crippen MR) is 85.9 cm³/mol. The largest absolute Gasteiger partial charge is 0.481 e. The molecule has 23 heavy (non-hydrogen) atoms. The fourth-order valence-electron chi connectivity index (χ4n) is 4.32. The summed E-state index contributed by atoms with van der Waals surface area (Å²) in [6, 6.07) is 8.26. The summed E-state index contributed by atoms with van der Waals surface area (Å²) in [6.07, 6.45) is 3.17. The molecule has 1 aromatic carbocycles. The number of rotatable bonds is 4. The van der Waals surface area contributed by atoms with Gasteiger partial charge in [0.05, 0.1) is 5.92 Å². The molecule has 1 saturated heterocycles. The van der Waals surface area contributed by atoms with Crippen molar-refractivity contribution >= 4 is 11.9 Å². The van der Waals surface area contributed by atoms with E-state index in [1.165, 1.54) is 11.1 Å². The third kappa shape index (κ3) is 2.64. The van der Waals surface area contributed by atoms with E-state index in [0.717, 1.165) is 19.3 Å². The highest BCUT2D eigenvalue weighted by atomic mass is 16.4. The van der Waals surface area contributed by atoms with Gasteiger partial charge < -0.3 is 10.0 Å². The maximum absolute atomic E-state index is 12.8. The van der Waals surface area contributed by atoms with Crippen molar-refractivity contribution in [1.82, 2.24) is 4.90 Å². The molecular weight excluding hydrogens is 290 g/mol. The summed E-state index contributed by atoms with van der Waals surface area (Å²) < 4.78 is 0. The van der Waals surface area contributed by atoms with Crippen molar-refractivity contribution in [3.05, 3.63) is 35.4 Å². The zero-order valence-electron chi connectivity index (χ0n) is 13.4. The molecule has 4 atom stereocenters. The average molecular weight is 313 g/mol. The summed E-state index contributed by atoms with van der Waals surface area (Å²) in [5.74, 6) is 0.168. The third-order valence-corrected chi connectivity index (χ3v) is 5.92. The minimum atomic E-state index is -0.733. The van der Waals surface area contributed by atoms with E-state index in [0.29, 0.717) is 24.9 Å². The maximum Gasteiger partial charge on any atom is 0.308 e. The summed E-state index contributed by atoms with van der Waals surface area (Å²) in [5.41, 5.74) is 2.52. The number of amides is 1. The van der Waals surface area contributed by atoms with Gasteiger partial charge in [-0.1, -0.05) is 24.3 Å². The first-order valence-electron chi connectivity index (χ1n) is 8.63. The van der Waals surface area contributed by atoms with Crippen molar-refractivity contribution in [3.8, 4) is 0 Å². The normalized spacial score (nSPS) is 32.8. The zero-order chi connectivity index (χ0) is 16.1. The van der Waals surface area contributed by atoms with E-state index in [1.807, 2.05) is 17.0 Å². The molecule has 2 saturated carbocycles. The molecule has 0 aromatic heterocycles. The second-order valence-electron chi connectivity index (χ2n) is 7.49. The van der Waals surface area contributed by atoms with Crippen molar-refractivity contribution in [2.75, 3.05) is 13.1 Å². The summed E-state index contributed by atoms with van der Waals surface area (Å²) >= 11 is 0. The summed E-state index contributed by atoms with van der Waals surface area (Å²) in [5, 5.41) is 9.44. The van der Waals surface area contributed by atoms with Crippen LogP contribution < -0.4 is 0 Å². The number of hydrogen-bond acceptors (Lipinski definition) is 2. The maximum atomic E-state index is 12.8. The van der Waals surface area contributed by atoms with E-state index >= 15 is 0 Å². The van der Waals surface area contributed by atoms with Crippen LogP contribution in [0.25, 0.3) is 0 Å². The highest BCUT2D eigenvalue weighted by Crippen LogP contribution is 2.51. The Hall–Kier alpha value is -1.84. The van der Waals surface area contributed by atoms with Crippen LogP contribution in [-0.2, 0) is 9.59 Å². The molecule has 3 aliphatic rings. The topological polar surface area (TPSA) is 57.6 Å². The quantitative estimate of drug-likeness (QED) is 0.930. The summed E-state index contributed by atoms with van der Waals surface area (Å²) in [6.45, 7) is 3.15. The number of benzene rings is 1. The zero-order valence-corrected chi connectivity index (χ0v) is 13.4. The fourth-order valence-corrected chi connectivity index (χ4v) is 4.32. The van der Waals surface area contributed by atoms with Gasteiger partial charge in [0.2, 0.25) is 5.91 Å². The number of aryl methyl sites for hydroxylation is 1. The number of carbonyl (C=O) groups is 2. The smallest absolute Gasteiger partial charge is 0.308 e. The SMILES string of the molecule is Cc1ccccc1C1CC1C(=O)N1C[C@H](C(=O)O)[C@@H](C2CC2)C1. The van der Waals surface area contributed by atoms with Crippen LogP contribution in [0, 0.1) is 30.6 Å². The third-order valence-electron chi connectivity index (χ3n) is 5.92. The van der Waals surface area contributed by atoms with Crippen LogP contribution in [0.15, 0.2) is 24.3 Å². The standard InChI is InChI=1S/C19H23NO3/c1-11-4-2-3-5-13(11)14-8-15(14)18(21)20-9-16(12-6-7-12)17(10-20)19(22)23/h2-5,12,14-17H,6-10H2,1H3,(H,22,23)/t14?,15?,16-,17+/m1/s1. The lowest BCUT2D eigenvalue weighted by atomic mass is 9.92. The number of carbonyl (C=O) groups excluding carboxylic acids is 1. The second-order valence-corrected chi connectivity index (χ2v) is 7.49. The minimum Gasteiger partial charge on any atom is -0.481 e. The van der Waals surface area contributed by atoms with Crippen LogP contribution in [0.4, 0.5) is 0 Å². The molecule has 122 valence electrons. The highest BCUT2D eigenvalue weighted by molar-refractivity contribution is 5.84. The molecule has 4 rings (SSSR count). The van der Waals surface area contributed by atoms with Crippen molar-refractivity contribution in [2.24, 2.45) is 23.7 Å². The van der Waals surface area contributed by atoms with Crippen molar-refractivity contribution in [2.45, 2.75) is 32.1 Å². The number of carboxylic acids is 1. The van der Waals surface area contributed by atoms with Crippen LogP contribution in [-0.4, -0.2) is 35.0 Å². The molecule has 1 amide bonds. The molecule has 1 N–H and O–H groups in total. The Bertz CT molecular complexity index is 652. The molecule has 0 spiro atoms. The second kappa shape index (κ2) is 5.36. The molecule has 4 heteroatoms. The van der Waals surface area contributed by atoms with Crippen LogP contribution in [0.5, 0.6) is 0 Å². The van der Waals surface area contributed by atoms with E-state index in [1.54, 1.807) is 0 Å². The first kappa shape index (κ1) is 14.7. The van der Waals surface area contributed by atoms with E-state index in [9.17, 15) is 14.7 Å². The molecule has 0 radical (unpaired) electrons. The van der Waals surface area contributed by atoms with E-state index in [4.69, 9.17) is 0 Å². The molecule has 1 aliphatic heterocycles. The number of likely N-dealkylation sites (tertiary alicyclic amines) is 1. The van der Waals surface area contributed by atoms with Gasteiger partial charge in [0, 0.05) is 19.0 Å². The molecular formula is C19H23NO3. The Kier molecular flexibility index (Phi) is 3.43. The first-order valence-corrected chi connectivity index (χ1v) is 8.63. The lowest BCUT2D eigenvalue weighted by molar-refractivity contribution is -0.142. The summed E-state index contributed by atoms with van der Waals surface area (Å²) in [4.78, 5) is 26.1. The lowest BCUT2D eigenvalue weighted by Gasteiger charge is -2.16. The van der Waals surface area contributed by atoms with Gasteiger partial charge in [-0.15, -0.1) is 0 Å². The van der Waals surface area contributed by atoms with Crippen molar-refractivity contribution in [1.29, 1.82) is 0 Å². The molecule has 1 heterocycles. The van der Waals surface area contributed by atoms with Crippen LogP contribution in [0.2, 0.25) is 0 Å². The van der Waals surface area contributed by atoms with Gasteiger partial charge >= 0.3 is 5.97 Å². The number of nitrogens with zero attached hydrogens (tertiary/aromatic N) is 1. The molecule has 3 fully saturated rings. The van der Waals surface area contributed by atoms with Crippen molar-refractivity contribution in [3.63, 3.8) is 0 Å². The van der Waals surface area contributed by atoms with Gasteiger partial charge in [-0.05, 0) is 55.1 Å². The van der Waals surface area contributed by atoms with Crippen LogP contribution in [0.3, 0.4) is 0 Å². The van der Waals surface area contributed by atoms with Gasteiger partial charge in [-0.3, -0.25) is 9.59 Å². The molecule has 2 unspecified atom stereocenters. The summed E-state index contributed by atoms with van der Waals surface area (Å²) in [7, 11) is 0. The number of aliphatic carboxylic acids is 1. The monoisotopic (exact) mass is 313 g/mol. The fraction of sp³-hybridized carbons (Fsp3) is 0.579. The van der Waals surface area contributed by atoms with Crippen molar-refractivity contribution < 1.29 is 14.7 Å². The Labute approximate surface area is 136 Å². The van der Waals surface area contributed by atoms with E-state index in [-0.39, 0.29) is 23.7 Å². The number of hydrogen-bond donors (Lipinski definition) is 1. The Morgan fingerprint density at radius 2 is 1.87 bits per heavy atom. The van der Waals surface area contributed by atoms with Gasteiger partial charge in [0.25, 0.3) is 0 Å². The first-order chi connectivity index (χ1) is 11.1. The molecule has 2 aliphatic carbocycles. The van der Waals surface area contributed by atoms with Gasteiger partial charge in [-0.25, -0.2) is 0 Å². The average Bonchev–Trinajstić information content (AvgIpc) is 3.44. The highest BCUT2D eigenvalue weighted by Gasteiger charge is 2.51. The van der Waals surface area contributed by atoms with Gasteiger partial charge in [-0.2, -0.15) is 0 Å². The van der Waals surface area contributed by atoms with Crippen LogP contribution >= 0.6 is 0 Å². The number of carboxylic acid groups (broad SMARTS) is 1. The van der Waals surface area contributed by atoms with Gasteiger partial charge in [0.1, 0.15) is 0 Å². The minimum absolute atomic E-state index is 0.0588. The lowest BCUT2D eigenvalue weighted by Crippen LogP contribution is -2.31. The molecule has 4 nitrogen and oxygen atoms in total. The molecule has 1 aromatic rings. The predicted octanol–water partition coefficient (Wildman–Crippen LogP) is 2.67. The van der Waals surface area contributed by atoms with E-state index in [2.05, 4.69) is 19.1 Å².